The lowest BCUT2D eigenvalue weighted by Gasteiger charge is -2.21. The molecule has 4 rings (SSSR count). The van der Waals surface area contributed by atoms with Gasteiger partial charge < -0.3 is 5.32 Å². The predicted octanol–water partition coefficient (Wildman–Crippen LogP) is 5.01. The number of benzene rings is 1. The van der Waals surface area contributed by atoms with E-state index >= 15 is 0 Å². The summed E-state index contributed by atoms with van der Waals surface area (Å²) in [7, 11) is 0. The fourth-order valence-electron chi connectivity index (χ4n) is 3.72. The largest absolute Gasteiger partial charge is 0.324 e. The molecule has 1 aromatic carbocycles. The number of anilines is 1. The van der Waals surface area contributed by atoms with Gasteiger partial charge in [-0.2, -0.15) is 5.10 Å². The highest BCUT2D eigenvalue weighted by Gasteiger charge is 2.24. The standard InChI is InChI=1S/C20H21ClFN5OS/c21-16-12-15(8-9-17(16)22)23-18(28)13-26-20(29)27(25-10-4-5-11-25)19(24-26)14-6-2-1-3-7-14/h4-5,8-12,14H,1-3,6-7,13H2,(H,23,28). The van der Waals surface area contributed by atoms with Crippen LogP contribution in [-0.4, -0.2) is 25.0 Å². The Bertz CT molecular complexity index is 1070. The average Bonchev–Trinajstić information content (AvgIpc) is 3.34. The van der Waals surface area contributed by atoms with Crippen molar-refractivity contribution in [1.82, 2.24) is 19.1 Å². The van der Waals surface area contributed by atoms with Crippen LogP contribution in [0.1, 0.15) is 43.8 Å². The smallest absolute Gasteiger partial charge is 0.246 e. The van der Waals surface area contributed by atoms with E-state index in [0.29, 0.717) is 16.4 Å². The number of carbonyl (C=O) groups excluding carboxylic acids is 1. The van der Waals surface area contributed by atoms with Gasteiger partial charge in [-0.3, -0.25) is 9.47 Å². The van der Waals surface area contributed by atoms with Crippen LogP contribution in [0.5, 0.6) is 0 Å². The zero-order valence-electron chi connectivity index (χ0n) is 15.7. The van der Waals surface area contributed by atoms with Gasteiger partial charge in [-0.1, -0.05) is 30.9 Å². The lowest BCUT2D eigenvalue weighted by Crippen LogP contribution is -2.20. The van der Waals surface area contributed by atoms with Crippen LogP contribution in [0.25, 0.3) is 0 Å². The molecule has 1 N–H and O–H groups in total. The highest BCUT2D eigenvalue weighted by Crippen LogP contribution is 2.32. The monoisotopic (exact) mass is 433 g/mol. The van der Waals surface area contributed by atoms with Gasteiger partial charge in [0, 0.05) is 24.0 Å². The summed E-state index contributed by atoms with van der Waals surface area (Å²) < 4.78 is 19.1. The third-order valence-electron chi connectivity index (χ3n) is 5.13. The molecule has 29 heavy (non-hydrogen) atoms. The second-order valence-corrected chi connectivity index (χ2v) is 7.96. The maximum Gasteiger partial charge on any atom is 0.246 e. The van der Waals surface area contributed by atoms with Crippen LogP contribution in [0.15, 0.2) is 42.7 Å². The Labute approximate surface area is 177 Å². The minimum Gasteiger partial charge on any atom is -0.324 e. The summed E-state index contributed by atoms with van der Waals surface area (Å²) in [5, 5.41) is 7.38. The van der Waals surface area contributed by atoms with Crippen molar-refractivity contribution in [3.63, 3.8) is 0 Å². The Morgan fingerprint density at radius 1 is 1.24 bits per heavy atom. The molecule has 3 aromatic rings. The summed E-state index contributed by atoms with van der Waals surface area (Å²) in [6, 6.07) is 7.90. The molecule has 2 aromatic heterocycles. The zero-order chi connectivity index (χ0) is 20.4. The van der Waals surface area contributed by atoms with Crippen molar-refractivity contribution in [2.75, 3.05) is 5.32 Å². The number of halogens is 2. The number of rotatable bonds is 5. The molecule has 1 amide bonds. The molecule has 0 spiro atoms. The topological polar surface area (TPSA) is 56.8 Å². The van der Waals surface area contributed by atoms with Gasteiger partial charge >= 0.3 is 0 Å². The Kier molecular flexibility index (Phi) is 5.82. The number of nitrogens with zero attached hydrogens (tertiary/aromatic N) is 4. The molecule has 0 atom stereocenters. The maximum atomic E-state index is 13.3. The number of nitrogens with one attached hydrogen (secondary N) is 1. The quantitative estimate of drug-likeness (QED) is 0.575. The van der Waals surface area contributed by atoms with Crippen molar-refractivity contribution in [3.05, 3.63) is 64.2 Å². The molecule has 0 bridgehead atoms. The average molecular weight is 434 g/mol. The highest BCUT2D eigenvalue weighted by atomic mass is 35.5. The van der Waals surface area contributed by atoms with Crippen LogP contribution in [0.3, 0.4) is 0 Å². The van der Waals surface area contributed by atoms with Gasteiger partial charge in [-0.15, -0.1) is 0 Å². The van der Waals surface area contributed by atoms with Gasteiger partial charge in [0.2, 0.25) is 10.7 Å². The summed E-state index contributed by atoms with van der Waals surface area (Å²) in [5.74, 6) is 0.349. The van der Waals surface area contributed by atoms with E-state index in [1.165, 1.54) is 37.5 Å². The van der Waals surface area contributed by atoms with Gasteiger partial charge in [0.1, 0.15) is 12.4 Å². The SMILES string of the molecule is O=C(Cn1nc(C2CCCCC2)n(-n2cccc2)c1=S)Nc1ccc(F)c(Cl)c1. The molecule has 1 fully saturated rings. The molecule has 1 saturated carbocycles. The molecule has 2 heterocycles. The summed E-state index contributed by atoms with van der Waals surface area (Å²) in [5.41, 5.74) is 0.422. The van der Waals surface area contributed by atoms with E-state index in [-0.39, 0.29) is 17.5 Å². The van der Waals surface area contributed by atoms with Crippen LogP contribution in [-0.2, 0) is 11.3 Å². The summed E-state index contributed by atoms with van der Waals surface area (Å²) in [6.07, 6.45) is 9.53. The van der Waals surface area contributed by atoms with Crippen LogP contribution < -0.4 is 5.32 Å². The van der Waals surface area contributed by atoms with E-state index in [4.69, 9.17) is 28.9 Å². The van der Waals surface area contributed by atoms with Crippen LogP contribution >= 0.6 is 23.8 Å². The summed E-state index contributed by atoms with van der Waals surface area (Å²) >= 11 is 11.4. The van der Waals surface area contributed by atoms with Gasteiger partial charge in [-0.25, -0.2) is 13.7 Å². The maximum absolute atomic E-state index is 13.3. The minimum absolute atomic E-state index is 0.0399. The second-order valence-electron chi connectivity index (χ2n) is 7.19. The second kappa shape index (κ2) is 8.51. The van der Waals surface area contributed by atoms with E-state index in [2.05, 4.69) is 5.32 Å². The van der Waals surface area contributed by atoms with E-state index in [1.807, 2.05) is 33.9 Å². The summed E-state index contributed by atoms with van der Waals surface area (Å²) in [6.45, 7) is -0.0399. The summed E-state index contributed by atoms with van der Waals surface area (Å²) in [4.78, 5) is 12.5. The minimum atomic E-state index is -0.533. The Morgan fingerprint density at radius 2 is 1.97 bits per heavy atom. The molecule has 0 unspecified atom stereocenters. The van der Waals surface area contributed by atoms with Crippen LogP contribution in [0, 0.1) is 10.6 Å². The van der Waals surface area contributed by atoms with Crippen molar-refractivity contribution in [2.45, 2.75) is 44.6 Å². The van der Waals surface area contributed by atoms with Crippen LogP contribution in [0.2, 0.25) is 5.02 Å². The van der Waals surface area contributed by atoms with Crippen molar-refractivity contribution in [2.24, 2.45) is 0 Å². The first-order valence-electron chi connectivity index (χ1n) is 9.61. The van der Waals surface area contributed by atoms with Gasteiger partial charge in [0.25, 0.3) is 0 Å². The van der Waals surface area contributed by atoms with E-state index < -0.39 is 5.82 Å². The van der Waals surface area contributed by atoms with Crippen molar-refractivity contribution < 1.29 is 9.18 Å². The third-order valence-corrected chi connectivity index (χ3v) is 5.80. The third kappa shape index (κ3) is 4.28. The number of hydrogen-bond donors (Lipinski definition) is 1. The molecule has 9 heteroatoms. The Hall–Kier alpha value is -2.45. The first-order chi connectivity index (χ1) is 14.0. The van der Waals surface area contributed by atoms with E-state index in [9.17, 15) is 9.18 Å². The van der Waals surface area contributed by atoms with Crippen molar-refractivity contribution in [3.8, 4) is 0 Å². The fourth-order valence-corrected chi connectivity index (χ4v) is 4.19. The van der Waals surface area contributed by atoms with Crippen molar-refractivity contribution >= 4 is 35.4 Å². The Morgan fingerprint density at radius 3 is 2.66 bits per heavy atom. The normalized spacial score (nSPS) is 14.8. The van der Waals surface area contributed by atoms with Gasteiger partial charge in [0.15, 0.2) is 5.82 Å². The highest BCUT2D eigenvalue weighted by molar-refractivity contribution is 7.71. The molecular weight excluding hydrogens is 413 g/mol. The van der Waals surface area contributed by atoms with Gasteiger partial charge in [-0.05, 0) is 55.4 Å². The zero-order valence-corrected chi connectivity index (χ0v) is 17.3. The molecular formula is C20H21ClFN5OS. The van der Waals surface area contributed by atoms with Crippen molar-refractivity contribution in [1.29, 1.82) is 0 Å². The fraction of sp³-hybridized carbons (Fsp3) is 0.350. The molecule has 1 aliphatic rings. The van der Waals surface area contributed by atoms with E-state index in [1.54, 1.807) is 4.68 Å². The number of carbonyl (C=O) groups is 1. The molecule has 0 saturated heterocycles. The number of aromatic nitrogens is 4. The molecule has 0 radical (unpaired) electrons. The molecule has 6 nitrogen and oxygen atoms in total. The van der Waals surface area contributed by atoms with Crippen LogP contribution in [0.4, 0.5) is 10.1 Å². The lowest BCUT2D eigenvalue weighted by atomic mass is 9.89. The molecule has 152 valence electrons. The lowest BCUT2D eigenvalue weighted by molar-refractivity contribution is -0.116. The molecule has 0 aliphatic heterocycles. The first kappa shape index (κ1) is 19.8. The number of amides is 1. The first-order valence-corrected chi connectivity index (χ1v) is 10.4. The Balaban J connectivity index is 1.60. The van der Waals surface area contributed by atoms with Gasteiger partial charge in [0.05, 0.1) is 5.02 Å². The predicted molar refractivity (Wildman–Crippen MR) is 112 cm³/mol. The molecule has 1 aliphatic carbocycles. The number of hydrogen-bond acceptors (Lipinski definition) is 3. The van der Waals surface area contributed by atoms with E-state index in [0.717, 1.165) is 18.7 Å².